The molecule has 0 radical (unpaired) electrons. The smallest absolute Gasteiger partial charge is 0.181 e. The largest absolute Gasteiger partial charge is 0.497 e. The summed E-state index contributed by atoms with van der Waals surface area (Å²) in [4.78, 5) is 5.55. The summed E-state index contributed by atoms with van der Waals surface area (Å²) in [6.07, 6.45) is 0. The van der Waals surface area contributed by atoms with Crippen molar-refractivity contribution < 1.29 is 4.74 Å². The molecule has 0 amide bonds. The van der Waals surface area contributed by atoms with Crippen molar-refractivity contribution in [3.8, 4) is 27.4 Å². The van der Waals surface area contributed by atoms with Crippen molar-refractivity contribution in [3.05, 3.63) is 53.0 Å². The number of hydrogen-bond donors (Lipinski definition) is 1. The number of methoxy groups -OCH3 is 1. The van der Waals surface area contributed by atoms with Gasteiger partial charge in [0.05, 0.1) is 17.7 Å². The van der Waals surface area contributed by atoms with E-state index in [2.05, 4.69) is 33.0 Å². The lowest BCUT2D eigenvalue weighted by Gasteiger charge is -2.04. The molecular weight excluding hydrogens is 348 g/mol. The average molecular weight is 361 g/mol. The van der Waals surface area contributed by atoms with E-state index in [1.54, 1.807) is 7.11 Å². The lowest BCUT2D eigenvalue weighted by atomic mass is 10.1. The van der Waals surface area contributed by atoms with Gasteiger partial charge in [0.15, 0.2) is 5.13 Å². The van der Waals surface area contributed by atoms with Gasteiger partial charge in [0, 0.05) is 10.0 Å². The highest BCUT2D eigenvalue weighted by molar-refractivity contribution is 9.10. The van der Waals surface area contributed by atoms with Crippen molar-refractivity contribution in [2.75, 3.05) is 12.8 Å². The molecule has 3 aromatic rings. The Morgan fingerprint density at radius 1 is 1.00 bits per heavy atom. The Hall–Kier alpha value is -1.85. The monoisotopic (exact) mass is 360 g/mol. The van der Waals surface area contributed by atoms with Crippen LogP contribution in [0.25, 0.3) is 21.7 Å². The molecule has 0 unspecified atom stereocenters. The van der Waals surface area contributed by atoms with Crippen molar-refractivity contribution in [2.45, 2.75) is 0 Å². The van der Waals surface area contributed by atoms with Gasteiger partial charge < -0.3 is 10.5 Å². The molecule has 0 spiro atoms. The van der Waals surface area contributed by atoms with Crippen LogP contribution in [0.5, 0.6) is 5.75 Å². The molecule has 0 aliphatic rings. The Balaban J connectivity index is 2.08. The molecule has 21 heavy (non-hydrogen) atoms. The second-order valence-corrected chi connectivity index (χ2v) is 6.41. The van der Waals surface area contributed by atoms with Crippen LogP contribution in [0.2, 0.25) is 0 Å². The van der Waals surface area contributed by atoms with Crippen molar-refractivity contribution >= 4 is 32.4 Å². The first-order valence-electron chi connectivity index (χ1n) is 6.34. The minimum Gasteiger partial charge on any atom is -0.497 e. The Bertz CT molecular complexity index is 751. The van der Waals surface area contributed by atoms with Crippen molar-refractivity contribution in [1.82, 2.24) is 4.98 Å². The highest BCUT2D eigenvalue weighted by Crippen LogP contribution is 2.38. The van der Waals surface area contributed by atoms with Crippen molar-refractivity contribution in [3.63, 3.8) is 0 Å². The van der Waals surface area contributed by atoms with E-state index >= 15 is 0 Å². The number of thiazole rings is 1. The van der Waals surface area contributed by atoms with Gasteiger partial charge in [0.2, 0.25) is 0 Å². The van der Waals surface area contributed by atoms with Crippen LogP contribution < -0.4 is 10.5 Å². The molecule has 0 atom stereocenters. The van der Waals surface area contributed by atoms with Crippen LogP contribution in [0.15, 0.2) is 53.0 Å². The number of anilines is 1. The third-order valence-electron chi connectivity index (χ3n) is 3.11. The first-order valence-corrected chi connectivity index (χ1v) is 7.95. The molecule has 0 fully saturated rings. The van der Waals surface area contributed by atoms with Crippen LogP contribution in [-0.2, 0) is 0 Å². The third kappa shape index (κ3) is 2.94. The standard InChI is InChI=1S/C16H13BrN2OS/c1-20-13-8-4-10(5-9-13)14-15(21-16(18)19-14)11-2-6-12(17)7-3-11/h2-9H,1H3,(H2,18,19). The SMILES string of the molecule is COc1ccc(-c2nc(N)sc2-c2ccc(Br)cc2)cc1. The molecule has 1 heterocycles. The molecule has 0 aliphatic heterocycles. The first-order chi connectivity index (χ1) is 10.2. The van der Waals surface area contributed by atoms with E-state index in [4.69, 9.17) is 10.5 Å². The molecule has 0 bridgehead atoms. The lowest BCUT2D eigenvalue weighted by Crippen LogP contribution is -1.86. The highest BCUT2D eigenvalue weighted by Gasteiger charge is 2.13. The van der Waals surface area contributed by atoms with E-state index < -0.39 is 0 Å². The summed E-state index contributed by atoms with van der Waals surface area (Å²) in [5.74, 6) is 0.826. The average Bonchev–Trinajstić information content (AvgIpc) is 2.90. The minimum atomic E-state index is 0.568. The predicted molar refractivity (Wildman–Crippen MR) is 91.7 cm³/mol. The van der Waals surface area contributed by atoms with Gasteiger partial charge in [-0.15, -0.1) is 0 Å². The van der Waals surface area contributed by atoms with Crippen molar-refractivity contribution in [2.24, 2.45) is 0 Å². The molecule has 0 saturated heterocycles. The summed E-state index contributed by atoms with van der Waals surface area (Å²) in [5.41, 5.74) is 8.96. The van der Waals surface area contributed by atoms with Crippen LogP contribution in [0.1, 0.15) is 0 Å². The van der Waals surface area contributed by atoms with Gasteiger partial charge in [-0.2, -0.15) is 0 Å². The second-order valence-electron chi connectivity index (χ2n) is 4.47. The van der Waals surface area contributed by atoms with Crippen molar-refractivity contribution in [1.29, 1.82) is 0 Å². The molecule has 106 valence electrons. The van der Waals surface area contributed by atoms with E-state index in [1.807, 2.05) is 36.4 Å². The normalized spacial score (nSPS) is 10.6. The van der Waals surface area contributed by atoms with E-state index in [1.165, 1.54) is 11.3 Å². The fraction of sp³-hybridized carbons (Fsp3) is 0.0625. The van der Waals surface area contributed by atoms with E-state index in [-0.39, 0.29) is 0 Å². The Morgan fingerprint density at radius 3 is 2.24 bits per heavy atom. The van der Waals surface area contributed by atoms with E-state index in [0.717, 1.165) is 31.9 Å². The quantitative estimate of drug-likeness (QED) is 0.727. The molecule has 0 aliphatic carbocycles. The molecular formula is C16H13BrN2OS. The first kappa shape index (κ1) is 14.1. The number of benzene rings is 2. The summed E-state index contributed by atoms with van der Waals surface area (Å²) in [6.45, 7) is 0. The zero-order valence-corrected chi connectivity index (χ0v) is 13.7. The van der Waals surface area contributed by atoms with Gasteiger partial charge in [-0.25, -0.2) is 4.98 Å². The number of nitrogen functional groups attached to an aromatic ring is 1. The number of halogens is 1. The van der Waals surface area contributed by atoms with Gasteiger partial charge in [-0.05, 0) is 42.0 Å². The number of nitrogens with two attached hydrogens (primary N) is 1. The summed E-state index contributed by atoms with van der Waals surface area (Å²) in [5, 5.41) is 0.568. The fourth-order valence-electron chi connectivity index (χ4n) is 2.08. The van der Waals surface area contributed by atoms with Crippen LogP contribution in [0, 0.1) is 0 Å². The number of hydrogen-bond acceptors (Lipinski definition) is 4. The summed E-state index contributed by atoms with van der Waals surface area (Å²) in [7, 11) is 1.66. The molecule has 2 aromatic carbocycles. The van der Waals surface area contributed by atoms with Crippen LogP contribution in [0.4, 0.5) is 5.13 Å². The van der Waals surface area contributed by atoms with Gasteiger partial charge in [-0.3, -0.25) is 0 Å². The molecule has 1 aromatic heterocycles. The minimum absolute atomic E-state index is 0.568. The molecule has 3 rings (SSSR count). The maximum Gasteiger partial charge on any atom is 0.181 e. The molecule has 5 heteroatoms. The maximum absolute atomic E-state index is 5.91. The molecule has 0 saturated carbocycles. The number of aromatic nitrogens is 1. The lowest BCUT2D eigenvalue weighted by molar-refractivity contribution is 0.415. The molecule has 2 N–H and O–H groups in total. The third-order valence-corrected chi connectivity index (χ3v) is 4.58. The van der Waals surface area contributed by atoms with Crippen LogP contribution >= 0.6 is 27.3 Å². The van der Waals surface area contributed by atoms with Crippen LogP contribution in [-0.4, -0.2) is 12.1 Å². The summed E-state index contributed by atoms with van der Waals surface area (Å²) >= 11 is 4.95. The molecule has 3 nitrogen and oxygen atoms in total. The number of nitrogens with zero attached hydrogens (tertiary/aromatic N) is 1. The van der Waals surface area contributed by atoms with Crippen LogP contribution in [0.3, 0.4) is 0 Å². The zero-order chi connectivity index (χ0) is 14.8. The van der Waals surface area contributed by atoms with Gasteiger partial charge >= 0.3 is 0 Å². The fourth-order valence-corrected chi connectivity index (χ4v) is 3.20. The summed E-state index contributed by atoms with van der Waals surface area (Å²) < 4.78 is 6.24. The predicted octanol–water partition coefficient (Wildman–Crippen LogP) is 4.83. The Morgan fingerprint density at radius 2 is 1.62 bits per heavy atom. The van der Waals surface area contributed by atoms with Gasteiger partial charge in [-0.1, -0.05) is 39.4 Å². The zero-order valence-electron chi connectivity index (χ0n) is 11.3. The van der Waals surface area contributed by atoms with Gasteiger partial charge in [0.25, 0.3) is 0 Å². The Kier molecular flexibility index (Phi) is 3.94. The number of ether oxygens (including phenoxy) is 1. The van der Waals surface area contributed by atoms with E-state index in [9.17, 15) is 0 Å². The van der Waals surface area contributed by atoms with E-state index in [0.29, 0.717) is 5.13 Å². The Labute approximate surface area is 135 Å². The second kappa shape index (κ2) is 5.87. The number of rotatable bonds is 3. The van der Waals surface area contributed by atoms with Gasteiger partial charge in [0.1, 0.15) is 5.75 Å². The maximum atomic E-state index is 5.91. The summed E-state index contributed by atoms with van der Waals surface area (Å²) in [6, 6.07) is 16.0. The highest BCUT2D eigenvalue weighted by atomic mass is 79.9. The topological polar surface area (TPSA) is 48.1 Å².